The minimum atomic E-state index is -1.23. The maximum Gasteiger partial charge on any atom is 0.243 e. The van der Waals surface area contributed by atoms with Gasteiger partial charge in [0.1, 0.15) is 17.4 Å². The lowest BCUT2D eigenvalue weighted by Gasteiger charge is -2.27. The molecule has 2 rings (SSSR count). The molecule has 28 heavy (non-hydrogen) atoms. The number of hydrogen-bond donors (Lipinski definition) is 4. The minimum absolute atomic E-state index is 0.271. The first kappa shape index (κ1) is 21.8. The summed E-state index contributed by atoms with van der Waals surface area (Å²) in [4.78, 5) is 37.2. The zero-order valence-corrected chi connectivity index (χ0v) is 16.6. The fraction of sp³-hybridized carbons (Fsp3) is 0.550. The number of amides is 3. The standard InChI is InChI=1S/C20H29FN4O3/c1-4-23-12-9-15(16(26)25-19(2,3)17(22)27)24-18(28)20(10-11-20)13-5-7-14(21)8-6-13/h5-8,15,23H,4,9-12H2,1-3H3,(H2,22,27)(H,24,28)(H,25,26). The summed E-state index contributed by atoms with van der Waals surface area (Å²) in [5.74, 6) is -1.77. The number of carbonyl (C=O) groups excluding carboxylic acids is 3. The smallest absolute Gasteiger partial charge is 0.243 e. The molecule has 0 saturated heterocycles. The number of carbonyl (C=O) groups is 3. The molecular weight excluding hydrogens is 363 g/mol. The SMILES string of the molecule is CCNCCC(NC(=O)C1(c2ccc(F)cc2)CC1)C(=O)NC(C)(C)C(N)=O. The van der Waals surface area contributed by atoms with Gasteiger partial charge < -0.3 is 21.7 Å². The van der Waals surface area contributed by atoms with Crippen molar-refractivity contribution in [3.05, 3.63) is 35.6 Å². The molecule has 7 nitrogen and oxygen atoms in total. The molecule has 3 amide bonds. The van der Waals surface area contributed by atoms with E-state index >= 15 is 0 Å². The van der Waals surface area contributed by atoms with Crippen LogP contribution in [0.2, 0.25) is 0 Å². The third-order valence-corrected chi connectivity index (χ3v) is 5.11. The molecular formula is C20H29FN4O3. The van der Waals surface area contributed by atoms with Crippen molar-refractivity contribution in [1.82, 2.24) is 16.0 Å². The van der Waals surface area contributed by atoms with Crippen LogP contribution in [0.25, 0.3) is 0 Å². The Morgan fingerprint density at radius 1 is 1.21 bits per heavy atom. The predicted molar refractivity (Wildman–Crippen MR) is 104 cm³/mol. The molecule has 0 aromatic heterocycles. The number of nitrogens with two attached hydrogens (primary N) is 1. The molecule has 1 atom stereocenters. The molecule has 0 radical (unpaired) electrons. The molecule has 0 bridgehead atoms. The van der Waals surface area contributed by atoms with Crippen LogP contribution in [-0.2, 0) is 19.8 Å². The lowest BCUT2D eigenvalue weighted by atomic mass is 9.94. The van der Waals surface area contributed by atoms with Gasteiger partial charge in [-0.05, 0) is 63.9 Å². The highest BCUT2D eigenvalue weighted by Gasteiger charge is 2.52. The Kier molecular flexibility index (Phi) is 6.77. The highest BCUT2D eigenvalue weighted by Crippen LogP contribution is 2.48. The predicted octanol–water partition coefficient (Wildman–Crippen LogP) is 0.722. The van der Waals surface area contributed by atoms with Gasteiger partial charge in [-0.2, -0.15) is 0 Å². The van der Waals surface area contributed by atoms with E-state index in [1.54, 1.807) is 12.1 Å². The Labute approximate surface area is 164 Å². The van der Waals surface area contributed by atoms with E-state index in [0.29, 0.717) is 25.8 Å². The summed E-state index contributed by atoms with van der Waals surface area (Å²) in [7, 11) is 0. The van der Waals surface area contributed by atoms with E-state index in [0.717, 1.165) is 12.1 Å². The third-order valence-electron chi connectivity index (χ3n) is 5.11. The van der Waals surface area contributed by atoms with E-state index in [9.17, 15) is 18.8 Å². The summed E-state index contributed by atoms with van der Waals surface area (Å²) in [6.07, 6.45) is 1.64. The van der Waals surface area contributed by atoms with E-state index in [4.69, 9.17) is 5.73 Å². The minimum Gasteiger partial charge on any atom is -0.368 e. The monoisotopic (exact) mass is 392 g/mol. The largest absolute Gasteiger partial charge is 0.368 e. The fourth-order valence-electron chi connectivity index (χ4n) is 2.99. The van der Waals surface area contributed by atoms with Crippen molar-refractivity contribution < 1.29 is 18.8 Å². The maximum atomic E-state index is 13.2. The van der Waals surface area contributed by atoms with Crippen LogP contribution in [-0.4, -0.2) is 42.4 Å². The van der Waals surface area contributed by atoms with Gasteiger partial charge in [0.2, 0.25) is 17.7 Å². The van der Waals surface area contributed by atoms with Crippen LogP contribution < -0.4 is 21.7 Å². The van der Waals surface area contributed by atoms with Crippen molar-refractivity contribution in [2.45, 2.75) is 57.0 Å². The van der Waals surface area contributed by atoms with Crippen molar-refractivity contribution in [3.8, 4) is 0 Å². The van der Waals surface area contributed by atoms with E-state index in [1.165, 1.54) is 26.0 Å². The molecule has 0 heterocycles. The molecule has 1 fully saturated rings. The number of hydrogen-bond acceptors (Lipinski definition) is 4. The van der Waals surface area contributed by atoms with Gasteiger partial charge in [0.05, 0.1) is 5.41 Å². The van der Waals surface area contributed by atoms with Crippen molar-refractivity contribution >= 4 is 17.7 Å². The quantitative estimate of drug-likeness (QED) is 0.440. The van der Waals surface area contributed by atoms with Gasteiger partial charge in [0, 0.05) is 0 Å². The van der Waals surface area contributed by atoms with E-state index < -0.39 is 28.8 Å². The van der Waals surface area contributed by atoms with Gasteiger partial charge >= 0.3 is 0 Å². The Hall–Kier alpha value is -2.48. The summed E-state index contributed by atoms with van der Waals surface area (Å²) >= 11 is 0. The summed E-state index contributed by atoms with van der Waals surface area (Å²) in [5, 5.41) is 8.54. The zero-order valence-electron chi connectivity index (χ0n) is 16.6. The number of halogens is 1. The normalized spacial score (nSPS) is 16.1. The molecule has 0 aliphatic heterocycles. The third kappa shape index (κ3) is 5.07. The molecule has 1 aromatic carbocycles. The maximum absolute atomic E-state index is 13.2. The first-order valence-corrected chi connectivity index (χ1v) is 9.52. The van der Waals surface area contributed by atoms with Crippen LogP contribution >= 0.6 is 0 Å². The molecule has 1 saturated carbocycles. The highest BCUT2D eigenvalue weighted by atomic mass is 19.1. The Bertz CT molecular complexity index is 729. The van der Waals surface area contributed by atoms with E-state index in [-0.39, 0.29) is 11.7 Å². The number of nitrogens with one attached hydrogen (secondary N) is 3. The molecule has 1 aliphatic carbocycles. The van der Waals surface area contributed by atoms with Crippen molar-refractivity contribution in [2.24, 2.45) is 5.73 Å². The van der Waals surface area contributed by atoms with Crippen LogP contribution in [0.5, 0.6) is 0 Å². The molecule has 8 heteroatoms. The van der Waals surface area contributed by atoms with Gasteiger partial charge in [-0.25, -0.2) is 4.39 Å². The van der Waals surface area contributed by atoms with Gasteiger partial charge in [-0.3, -0.25) is 14.4 Å². The Balaban J connectivity index is 2.13. The lowest BCUT2D eigenvalue weighted by molar-refractivity contribution is -0.134. The second-order valence-corrected chi connectivity index (χ2v) is 7.74. The van der Waals surface area contributed by atoms with E-state index in [2.05, 4.69) is 16.0 Å². The average Bonchev–Trinajstić information content (AvgIpc) is 3.43. The van der Waals surface area contributed by atoms with Crippen molar-refractivity contribution in [3.63, 3.8) is 0 Å². The van der Waals surface area contributed by atoms with Gasteiger partial charge in [-0.1, -0.05) is 19.1 Å². The Morgan fingerprint density at radius 2 is 1.82 bits per heavy atom. The van der Waals surface area contributed by atoms with Gasteiger partial charge in [0.15, 0.2) is 0 Å². The number of primary amides is 1. The first-order chi connectivity index (χ1) is 13.1. The molecule has 0 spiro atoms. The molecule has 1 unspecified atom stereocenters. The van der Waals surface area contributed by atoms with Crippen LogP contribution in [0.1, 0.15) is 45.6 Å². The van der Waals surface area contributed by atoms with Gasteiger partial charge in [-0.15, -0.1) is 0 Å². The number of rotatable bonds is 10. The molecule has 5 N–H and O–H groups in total. The van der Waals surface area contributed by atoms with Gasteiger partial charge in [0.25, 0.3) is 0 Å². The van der Waals surface area contributed by atoms with E-state index in [1.807, 2.05) is 6.92 Å². The summed E-state index contributed by atoms with van der Waals surface area (Å²) in [6.45, 7) is 6.22. The molecule has 1 aromatic rings. The lowest BCUT2D eigenvalue weighted by Crippen LogP contribution is -2.59. The fourth-order valence-corrected chi connectivity index (χ4v) is 2.99. The van der Waals surface area contributed by atoms with Crippen molar-refractivity contribution in [1.29, 1.82) is 0 Å². The van der Waals surface area contributed by atoms with Crippen molar-refractivity contribution in [2.75, 3.05) is 13.1 Å². The highest BCUT2D eigenvalue weighted by molar-refractivity contribution is 5.97. The summed E-state index contributed by atoms with van der Waals surface area (Å²) in [6, 6.07) is 5.04. The van der Waals surface area contributed by atoms with Crippen LogP contribution in [0.15, 0.2) is 24.3 Å². The summed E-state index contributed by atoms with van der Waals surface area (Å²) < 4.78 is 13.2. The molecule has 1 aliphatic rings. The summed E-state index contributed by atoms with van der Waals surface area (Å²) in [5.41, 5.74) is 4.09. The molecule has 154 valence electrons. The number of benzene rings is 1. The second kappa shape index (κ2) is 8.68. The zero-order chi connectivity index (χ0) is 20.9. The average molecular weight is 392 g/mol. The van der Waals surface area contributed by atoms with Crippen LogP contribution in [0.4, 0.5) is 4.39 Å². The second-order valence-electron chi connectivity index (χ2n) is 7.74. The topological polar surface area (TPSA) is 113 Å². The van der Waals surface area contributed by atoms with Crippen LogP contribution in [0, 0.1) is 5.82 Å². The van der Waals surface area contributed by atoms with Crippen LogP contribution in [0.3, 0.4) is 0 Å². The first-order valence-electron chi connectivity index (χ1n) is 9.52. The Morgan fingerprint density at radius 3 is 2.32 bits per heavy atom.